The second kappa shape index (κ2) is 17.0. The average molecular weight is 661 g/mol. The Morgan fingerprint density at radius 3 is 1.44 bits per heavy atom. The summed E-state index contributed by atoms with van der Waals surface area (Å²) in [6.07, 6.45) is 0. The first kappa shape index (κ1) is 34.7. The summed E-state index contributed by atoms with van der Waals surface area (Å²) in [5.74, 6) is 2.28. The van der Waals surface area contributed by atoms with Gasteiger partial charge < -0.3 is 10.6 Å². The van der Waals surface area contributed by atoms with Gasteiger partial charge in [-0.3, -0.25) is 15.0 Å². The number of anilines is 2. The topological polar surface area (TPSA) is 124 Å². The minimum absolute atomic E-state index is 0.227. The Morgan fingerprint density at radius 2 is 0.940 bits per heavy atom. The average Bonchev–Trinajstić information content (AvgIpc) is 3.90. The zero-order valence-electron chi connectivity index (χ0n) is 28.6. The van der Waals surface area contributed by atoms with Crippen molar-refractivity contribution in [2.24, 2.45) is 0 Å². The van der Waals surface area contributed by atoms with Crippen LogP contribution in [-0.4, -0.2) is 36.3 Å². The molecule has 7 aromatic rings. The highest BCUT2D eigenvalue weighted by atomic mass is 16.1. The van der Waals surface area contributed by atoms with Crippen LogP contribution < -0.4 is 10.6 Å². The first-order valence-corrected chi connectivity index (χ1v) is 16.6. The lowest BCUT2D eigenvalue weighted by atomic mass is 10.1. The van der Waals surface area contributed by atoms with Gasteiger partial charge in [-0.1, -0.05) is 125 Å². The molecular weight excluding hydrogens is 621 g/mol. The molecule has 0 spiro atoms. The number of H-pyrrole nitrogens is 2. The summed E-state index contributed by atoms with van der Waals surface area (Å²) in [7, 11) is 0. The molecule has 4 N–H and O–H groups in total. The van der Waals surface area contributed by atoms with Gasteiger partial charge in [0.15, 0.2) is 23.3 Å². The van der Waals surface area contributed by atoms with Crippen LogP contribution in [-0.2, 0) is 0 Å². The van der Waals surface area contributed by atoms with Crippen LogP contribution in [0.5, 0.6) is 0 Å². The highest BCUT2D eigenvalue weighted by molar-refractivity contribution is 6.05. The summed E-state index contributed by atoms with van der Waals surface area (Å²) < 4.78 is 0. The Balaban J connectivity index is 0.00000117. The van der Waals surface area contributed by atoms with Gasteiger partial charge >= 0.3 is 0 Å². The Labute approximate surface area is 292 Å². The van der Waals surface area contributed by atoms with Gasteiger partial charge in [-0.2, -0.15) is 10.2 Å². The summed E-state index contributed by atoms with van der Waals surface area (Å²) in [6, 6.07) is 42.2. The van der Waals surface area contributed by atoms with E-state index in [-0.39, 0.29) is 5.91 Å². The van der Waals surface area contributed by atoms with Crippen LogP contribution in [0.1, 0.15) is 43.6 Å². The zero-order valence-corrected chi connectivity index (χ0v) is 28.6. The lowest BCUT2D eigenvalue weighted by Gasteiger charge is -2.12. The standard InChI is InChI=1S/C37H28N8O.2C2H6/c1-24(27-14-8-15-28(22-27)35-40-33(42-44-35)25-10-4-2-5-11-25)38-31-18-20-32(21-19-31)39-37(46)30-17-9-16-29(23-30)36-41-34(43-45-36)26-12-6-3-7-13-26;2*1-2/h2-23,38H,1H2,(H,39,46)(H,40,42,44)(H,41,43,45);2*1-2H3. The van der Waals surface area contributed by atoms with Crippen LogP contribution in [0.2, 0.25) is 0 Å². The highest BCUT2D eigenvalue weighted by Gasteiger charge is 2.13. The molecule has 9 nitrogen and oxygen atoms in total. The van der Waals surface area contributed by atoms with E-state index in [0.717, 1.165) is 39.2 Å². The molecule has 2 aromatic heterocycles. The van der Waals surface area contributed by atoms with E-state index in [1.165, 1.54) is 0 Å². The van der Waals surface area contributed by atoms with Crippen molar-refractivity contribution in [1.82, 2.24) is 30.4 Å². The van der Waals surface area contributed by atoms with E-state index in [2.05, 4.69) is 47.6 Å². The monoisotopic (exact) mass is 660 g/mol. The second-order valence-corrected chi connectivity index (χ2v) is 10.5. The van der Waals surface area contributed by atoms with Gasteiger partial charge in [0.25, 0.3) is 5.91 Å². The maximum absolute atomic E-state index is 13.1. The molecule has 0 bridgehead atoms. The van der Waals surface area contributed by atoms with E-state index in [1.807, 2.05) is 149 Å². The van der Waals surface area contributed by atoms with Crippen molar-refractivity contribution in [2.75, 3.05) is 10.6 Å². The summed E-state index contributed by atoms with van der Waals surface area (Å²) >= 11 is 0. The van der Waals surface area contributed by atoms with Crippen molar-refractivity contribution in [3.05, 3.63) is 151 Å². The summed E-state index contributed by atoms with van der Waals surface area (Å²) in [5, 5.41) is 21.0. The molecule has 0 unspecified atom stereocenters. The van der Waals surface area contributed by atoms with Gasteiger partial charge in [0.05, 0.1) is 0 Å². The van der Waals surface area contributed by atoms with Gasteiger partial charge in [-0.25, -0.2) is 9.97 Å². The molecule has 0 radical (unpaired) electrons. The van der Waals surface area contributed by atoms with E-state index < -0.39 is 0 Å². The molecule has 0 aliphatic heterocycles. The number of nitrogens with one attached hydrogen (secondary N) is 4. The van der Waals surface area contributed by atoms with Crippen molar-refractivity contribution < 1.29 is 4.79 Å². The van der Waals surface area contributed by atoms with Crippen molar-refractivity contribution in [1.29, 1.82) is 0 Å². The van der Waals surface area contributed by atoms with Crippen LogP contribution >= 0.6 is 0 Å². The number of hydrogen-bond donors (Lipinski definition) is 4. The van der Waals surface area contributed by atoms with Crippen molar-refractivity contribution >= 4 is 23.0 Å². The fraction of sp³-hybridized carbons (Fsp3) is 0.0976. The van der Waals surface area contributed by atoms with E-state index in [0.29, 0.717) is 34.5 Å². The van der Waals surface area contributed by atoms with E-state index in [9.17, 15) is 4.79 Å². The molecule has 5 aromatic carbocycles. The molecule has 50 heavy (non-hydrogen) atoms. The predicted octanol–water partition coefficient (Wildman–Crippen LogP) is 9.98. The minimum Gasteiger partial charge on any atom is -0.356 e. The molecule has 0 aliphatic rings. The molecule has 1 amide bonds. The summed E-state index contributed by atoms with van der Waals surface area (Å²) in [4.78, 5) is 22.4. The van der Waals surface area contributed by atoms with Crippen molar-refractivity contribution in [3.63, 3.8) is 0 Å². The summed E-state index contributed by atoms with van der Waals surface area (Å²) in [6.45, 7) is 12.2. The van der Waals surface area contributed by atoms with E-state index >= 15 is 0 Å². The SMILES string of the molecule is C=C(Nc1ccc(NC(=O)c2cccc(-c3nc(-c4ccccc4)n[nH]3)c2)cc1)c1cccc(-c2nc(-c3ccccc3)n[nH]2)c1.CC.CC. The quantitative estimate of drug-likeness (QED) is 0.122. The molecule has 0 atom stereocenters. The molecule has 0 fully saturated rings. The molecule has 7 rings (SSSR count). The van der Waals surface area contributed by atoms with Crippen LogP contribution in [0.3, 0.4) is 0 Å². The van der Waals surface area contributed by atoms with Crippen molar-refractivity contribution in [2.45, 2.75) is 27.7 Å². The minimum atomic E-state index is -0.227. The first-order valence-electron chi connectivity index (χ1n) is 16.6. The molecular formula is C41H40N8O. The Hall–Kier alpha value is -6.61. The molecule has 2 heterocycles. The zero-order chi connectivity index (χ0) is 35.3. The van der Waals surface area contributed by atoms with Gasteiger partial charge in [0, 0.05) is 44.9 Å². The van der Waals surface area contributed by atoms with Gasteiger partial charge in [-0.15, -0.1) is 0 Å². The van der Waals surface area contributed by atoms with E-state index in [4.69, 9.17) is 0 Å². The molecule has 9 heteroatoms. The number of amides is 1. The number of carbonyl (C=O) groups is 1. The third kappa shape index (κ3) is 8.45. The van der Waals surface area contributed by atoms with Gasteiger partial charge in [-0.05, 0) is 48.0 Å². The number of rotatable bonds is 9. The van der Waals surface area contributed by atoms with Gasteiger partial charge in [0.2, 0.25) is 0 Å². The predicted molar refractivity (Wildman–Crippen MR) is 204 cm³/mol. The second-order valence-electron chi connectivity index (χ2n) is 10.5. The Kier molecular flexibility index (Phi) is 11.8. The van der Waals surface area contributed by atoms with Gasteiger partial charge in [0.1, 0.15) is 0 Å². The maximum atomic E-state index is 13.1. The van der Waals surface area contributed by atoms with Crippen LogP contribution in [0.15, 0.2) is 140 Å². The number of hydrogen-bond acceptors (Lipinski definition) is 6. The van der Waals surface area contributed by atoms with Crippen LogP contribution in [0, 0.1) is 0 Å². The number of carbonyl (C=O) groups excluding carboxylic acids is 1. The highest BCUT2D eigenvalue weighted by Crippen LogP contribution is 2.26. The Morgan fingerprint density at radius 1 is 0.520 bits per heavy atom. The largest absolute Gasteiger partial charge is 0.356 e. The van der Waals surface area contributed by atoms with Crippen LogP contribution in [0.25, 0.3) is 51.2 Å². The number of nitrogens with zero attached hydrogens (tertiary/aromatic N) is 4. The smallest absolute Gasteiger partial charge is 0.255 e. The fourth-order valence-corrected chi connectivity index (χ4v) is 4.96. The fourth-order valence-electron chi connectivity index (χ4n) is 4.96. The lowest BCUT2D eigenvalue weighted by Crippen LogP contribution is -2.12. The normalized spacial score (nSPS) is 10.2. The molecule has 0 saturated heterocycles. The number of benzene rings is 5. The van der Waals surface area contributed by atoms with E-state index in [1.54, 1.807) is 12.1 Å². The molecule has 0 aliphatic carbocycles. The molecule has 250 valence electrons. The Bertz CT molecular complexity index is 1980. The number of aromatic nitrogens is 6. The maximum Gasteiger partial charge on any atom is 0.255 e. The summed E-state index contributed by atoms with van der Waals surface area (Å²) in [5.41, 5.74) is 7.17. The third-order valence-electron chi connectivity index (χ3n) is 7.36. The number of aromatic amines is 2. The third-order valence-corrected chi connectivity index (χ3v) is 7.36. The first-order chi connectivity index (χ1) is 24.6. The van der Waals surface area contributed by atoms with Crippen molar-refractivity contribution in [3.8, 4) is 45.6 Å². The molecule has 0 saturated carbocycles. The lowest BCUT2D eigenvalue weighted by molar-refractivity contribution is 0.102. The van der Waals surface area contributed by atoms with Crippen LogP contribution in [0.4, 0.5) is 11.4 Å².